The first-order valence-electron chi connectivity index (χ1n) is 11.1. The van der Waals surface area contributed by atoms with Crippen LogP contribution in [0.15, 0.2) is 30.6 Å². The highest BCUT2D eigenvalue weighted by molar-refractivity contribution is 5.95. The average molecular weight is 436 g/mol. The topological polar surface area (TPSA) is 101 Å². The summed E-state index contributed by atoms with van der Waals surface area (Å²) in [6.45, 7) is 4.97. The normalized spacial score (nSPS) is 15.5. The molecule has 0 bridgehead atoms. The van der Waals surface area contributed by atoms with Gasteiger partial charge in [-0.25, -0.2) is 9.78 Å². The largest absolute Gasteiger partial charge is 0.452 e. The molecule has 9 nitrogen and oxygen atoms in total. The number of nitriles is 1. The van der Waals surface area contributed by atoms with Crippen molar-refractivity contribution in [2.75, 3.05) is 25.1 Å². The van der Waals surface area contributed by atoms with Gasteiger partial charge < -0.3 is 14.6 Å². The van der Waals surface area contributed by atoms with Gasteiger partial charge in [0.1, 0.15) is 5.82 Å². The number of anilines is 1. The number of carbonyl (C=O) groups is 1. The first-order chi connectivity index (χ1) is 15.6. The molecule has 1 aliphatic rings. The maximum Gasteiger partial charge on any atom is 0.414 e. The minimum absolute atomic E-state index is 0.0816. The number of ether oxygens (including phenoxy) is 1. The molecular formula is C23H29N7O2. The van der Waals surface area contributed by atoms with Crippen LogP contribution in [-0.2, 0) is 30.7 Å². The lowest BCUT2D eigenvalue weighted by Crippen LogP contribution is -2.42. The van der Waals surface area contributed by atoms with E-state index in [0.29, 0.717) is 13.0 Å². The van der Waals surface area contributed by atoms with Gasteiger partial charge in [0.15, 0.2) is 0 Å². The lowest BCUT2D eigenvalue weighted by atomic mass is 9.96. The number of aryl methyl sites for hydroxylation is 3. The van der Waals surface area contributed by atoms with E-state index in [9.17, 15) is 4.79 Å². The predicted octanol–water partition coefficient (Wildman–Crippen LogP) is 2.89. The minimum Gasteiger partial charge on any atom is -0.452 e. The van der Waals surface area contributed by atoms with Gasteiger partial charge in [-0.2, -0.15) is 10.4 Å². The van der Waals surface area contributed by atoms with Gasteiger partial charge in [0, 0.05) is 63.0 Å². The van der Waals surface area contributed by atoms with Crippen molar-refractivity contribution in [2.45, 2.75) is 51.7 Å². The van der Waals surface area contributed by atoms with Gasteiger partial charge >= 0.3 is 6.09 Å². The Morgan fingerprint density at radius 1 is 1.34 bits per heavy atom. The fraction of sp³-hybridized carbons (Fsp3) is 0.478. The van der Waals surface area contributed by atoms with Gasteiger partial charge in [0.05, 0.1) is 29.9 Å². The number of nitrogens with zero attached hydrogens (tertiary/aromatic N) is 6. The SMILES string of the molecule is COC(=O)N1c2ccc3c(nc(CCn4cccn4)n3CCNCCC#N)c2CC[C@@H]1C. The number of amides is 1. The summed E-state index contributed by atoms with van der Waals surface area (Å²) in [7, 11) is 1.42. The molecule has 0 unspecified atom stereocenters. The summed E-state index contributed by atoms with van der Waals surface area (Å²) in [5.41, 5.74) is 4.01. The molecule has 2 aromatic heterocycles. The van der Waals surface area contributed by atoms with Crippen LogP contribution in [0, 0.1) is 11.3 Å². The molecule has 1 aromatic carbocycles. The highest BCUT2D eigenvalue weighted by Crippen LogP contribution is 2.36. The van der Waals surface area contributed by atoms with E-state index >= 15 is 0 Å². The van der Waals surface area contributed by atoms with Gasteiger partial charge in [0.25, 0.3) is 0 Å². The molecule has 0 saturated heterocycles. The van der Waals surface area contributed by atoms with Crippen molar-refractivity contribution in [1.82, 2.24) is 24.6 Å². The standard InChI is InChI=1S/C23H29N7O2/c1-17-5-6-18-19(30(17)23(31)32-2)7-8-20-22(18)27-21(9-15-28-14-4-12-26-28)29(20)16-13-25-11-3-10-24/h4,7-8,12,14,17,25H,3,5-6,9,11,13,15-16H2,1-2H3/t17-/m0/s1. The molecule has 0 fully saturated rings. The number of hydrogen-bond donors (Lipinski definition) is 1. The Kier molecular flexibility index (Phi) is 6.71. The summed E-state index contributed by atoms with van der Waals surface area (Å²) in [4.78, 5) is 19.2. The van der Waals surface area contributed by atoms with Crippen LogP contribution in [0.4, 0.5) is 10.5 Å². The van der Waals surface area contributed by atoms with Crippen LogP contribution in [0.1, 0.15) is 31.2 Å². The molecule has 0 aliphatic carbocycles. The molecule has 4 rings (SSSR count). The van der Waals surface area contributed by atoms with Gasteiger partial charge in [0.2, 0.25) is 0 Å². The van der Waals surface area contributed by atoms with E-state index in [4.69, 9.17) is 15.0 Å². The quantitative estimate of drug-likeness (QED) is 0.546. The highest BCUT2D eigenvalue weighted by Gasteiger charge is 2.31. The molecule has 1 atom stereocenters. The van der Waals surface area contributed by atoms with Gasteiger partial charge in [-0.3, -0.25) is 9.58 Å². The van der Waals surface area contributed by atoms with E-state index in [1.165, 1.54) is 7.11 Å². The van der Waals surface area contributed by atoms with Crippen LogP contribution < -0.4 is 10.2 Å². The monoisotopic (exact) mass is 435 g/mol. The van der Waals surface area contributed by atoms with Crippen molar-refractivity contribution in [2.24, 2.45) is 0 Å². The molecule has 1 aliphatic heterocycles. The Morgan fingerprint density at radius 2 is 2.22 bits per heavy atom. The third-order valence-corrected chi connectivity index (χ3v) is 6.01. The molecule has 168 valence electrons. The summed E-state index contributed by atoms with van der Waals surface area (Å²) >= 11 is 0. The number of nitrogens with one attached hydrogen (secondary N) is 1. The number of carbonyl (C=O) groups excluding carboxylic acids is 1. The third-order valence-electron chi connectivity index (χ3n) is 6.01. The van der Waals surface area contributed by atoms with Gasteiger partial charge in [-0.1, -0.05) is 0 Å². The van der Waals surface area contributed by atoms with Crippen LogP contribution in [0.2, 0.25) is 0 Å². The molecule has 1 N–H and O–H groups in total. The minimum atomic E-state index is -0.335. The fourth-order valence-electron chi connectivity index (χ4n) is 4.40. The van der Waals surface area contributed by atoms with Crippen molar-refractivity contribution < 1.29 is 9.53 Å². The summed E-state index contributed by atoms with van der Waals surface area (Å²) in [5.74, 6) is 0.995. The van der Waals surface area contributed by atoms with Gasteiger partial charge in [-0.15, -0.1) is 0 Å². The Labute approximate surface area is 187 Å². The average Bonchev–Trinajstić information content (AvgIpc) is 3.44. The van der Waals surface area contributed by atoms with E-state index in [2.05, 4.69) is 27.1 Å². The van der Waals surface area contributed by atoms with Crippen molar-refractivity contribution >= 4 is 22.8 Å². The van der Waals surface area contributed by atoms with Crippen molar-refractivity contribution in [3.05, 3.63) is 42.0 Å². The van der Waals surface area contributed by atoms with Crippen LogP contribution in [0.3, 0.4) is 0 Å². The molecule has 1 amide bonds. The Bertz CT molecular complexity index is 1110. The van der Waals surface area contributed by atoms with E-state index in [1.807, 2.05) is 29.9 Å². The lowest BCUT2D eigenvalue weighted by molar-refractivity contribution is 0.175. The zero-order chi connectivity index (χ0) is 22.5. The number of imidazole rings is 1. The number of fused-ring (bicyclic) bond motifs is 3. The summed E-state index contributed by atoms with van der Waals surface area (Å²) in [5, 5.41) is 16.4. The van der Waals surface area contributed by atoms with Crippen molar-refractivity contribution in [3.8, 4) is 6.07 Å². The zero-order valence-corrected chi connectivity index (χ0v) is 18.6. The fourth-order valence-corrected chi connectivity index (χ4v) is 4.40. The van der Waals surface area contributed by atoms with Crippen molar-refractivity contribution in [3.63, 3.8) is 0 Å². The third kappa shape index (κ3) is 4.32. The highest BCUT2D eigenvalue weighted by atomic mass is 16.5. The first-order valence-corrected chi connectivity index (χ1v) is 11.1. The maximum absolute atomic E-state index is 12.4. The zero-order valence-electron chi connectivity index (χ0n) is 18.6. The van der Waals surface area contributed by atoms with Crippen LogP contribution in [0.5, 0.6) is 0 Å². The Morgan fingerprint density at radius 3 is 2.97 bits per heavy atom. The summed E-state index contributed by atoms with van der Waals surface area (Å²) < 4.78 is 9.20. The van der Waals surface area contributed by atoms with Crippen LogP contribution >= 0.6 is 0 Å². The molecule has 0 radical (unpaired) electrons. The smallest absolute Gasteiger partial charge is 0.414 e. The molecule has 32 heavy (non-hydrogen) atoms. The van der Waals surface area contributed by atoms with E-state index in [1.54, 1.807) is 11.1 Å². The maximum atomic E-state index is 12.4. The van der Waals surface area contributed by atoms with Gasteiger partial charge in [-0.05, 0) is 38.0 Å². The molecule has 3 aromatic rings. The number of aromatic nitrogens is 4. The number of hydrogen-bond acceptors (Lipinski definition) is 6. The second-order valence-corrected chi connectivity index (χ2v) is 8.02. The number of methoxy groups -OCH3 is 1. The van der Waals surface area contributed by atoms with E-state index in [-0.39, 0.29) is 12.1 Å². The number of benzene rings is 1. The molecule has 0 spiro atoms. The van der Waals surface area contributed by atoms with E-state index in [0.717, 1.165) is 67.0 Å². The molecule has 0 saturated carbocycles. The Hall–Kier alpha value is -3.38. The number of rotatable bonds is 8. The predicted molar refractivity (Wildman–Crippen MR) is 121 cm³/mol. The van der Waals surface area contributed by atoms with Crippen LogP contribution in [-0.4, -0.2) is 51.7 Å². The molecule has 3 heterocycles. The van der Waals surface area contributed by atoms with Crippen LogP contribution in [0.25, 0.3) is 11.0 Å². The summed E-state index contributed by atoms with van der Waals surface area (Å²) in [6, 6.07) is 8.23. The second-order valence-electron chi connectivity index (χ2n) is 8.02. The molecule has 9 heteroatoms. The van der Waals surface area contributed by atoms with E-state index < -0.39 is 0 Å². The van der Waals surface area contributed by atoms with Crippen molar-refractivity contribution in [1.29, 1.82) is 5.26 Å². The molecular weight excluding hydrogens is 406 g/mol. The summed E-state index contributed by atoms with van der Waals surface area (Å²) in [6.07, 6.45) is 6.38. The second kappa shape index (κ2) is 9.83. The lowest BCUT2D eigenvalue weighted by Gasteiger charge is -2.34. The first kappa shape index (κ1) is 21.8. The Balaban J connectivity index is 1.69.